The van der Waals surface area contributed by atoms with Gasteiger partial charge in [-0.25, -0.2) is 4.98 Å². The first kappa shape index (κ1) is 33.6. The molecule has 2 atom stereocenters. The van der Waals surface area contributed by atoms with Gasteiger partial charge in [0.15, 0.2) is 5.82 Å². The highest BCUT2D eigenvalue weighted by atomic mass is 15.2. The van der Waals surface area contributed by atoms with Crippen LogP contribution in [0.2, 0.25) is 0 Å². The Bertz CT molecular complexity index is 3310. The number of para-hydroxylation sites is 3. The zero-order valence-corrected chi connectivity index (χ0v) is 32.2. The van der Waals surface area contributed by atoms with Gasteiger partial charge in [-0.15, -0.1) is 0 Å². The molecule has 6 heteroatoms. The minimum absolute atomic E-state index is 0.0341. The molecule has 0 N–H and O–H groups in total. The Morgan fingerprint density at radius 3 is 1.86 bits per heavy atom. The second-order valence-corrected chi connectivity index (χ2v) is 15.5. The average molecular weight is 759 g/mol. The van der Waals surface area contributed by atoms with E-state index in [9.17, 15) is 0 Å². The molecular formula is C53H38N6. The zero-order chi connectivity index (χ0) is 38.9. The SMILES string of the molecule is C1=CCC(c2nc(-c3ccccc3)nc(-n3c4ccccc4c4c3c3c(c5ccccc5n3-c3ccccc3)n4-c3ccc(C4=CCC5C=CC=CC5=C4)cc3)n2)C=C1. The van der Waals surface area contributed by atoms with Crippen molar-refractivity contribution in [3.63, 3.8) is 0 Å². The summed E-state index contributed by atoms with van der Waals surface area (Å²) in [7, 11) is 0. The molecule has 3 aliphatic rings. The van der Waals surface area contributed by atoms with Crippen LogP contribution in [0.1, 0.15) is 30.1 Å². The number of rotatable bonds is 6. The Balaban J connectivity index is 1.18. The maximum atomic E-state index is 5.38. The lowest BCUT2D eigenvalue weighted by atomic mass is 9.84. The molecule has 6 nitrogen and oxygen atoms in total. The van der Waals surface area contributed by atoms with Gasteiger partial charge in [-0.05, 0) is 65.9 Å². The molecule has 12 rings (SSSR count). The van der Waals surface area contributed by atoms with E-state index in [0.717, 1.165) is 74.1 Å². The highest BCUT2D eigenvalue weighted by Crippen LogP contribution is 2.45. The quantitative estimate of drug-likeness (QED) is 0.170. The Kier molecular flexibility index (Phi) is 7.70. The monoisotopic (exact) mass is 758 g/mol. The molecule has 3 aliphatic carbocycles. The molecular weight excluding hydrogens is 721 g/mol. The van der Waals surface area contributed by atoms with Crippen molar-refractivity contribution in [1.82, 2.24) is 28.7 Å². The first-order valence-corrected chi connectivity index (χ1v) is 20.4. The number of allylic oxidation sites excluding steroid dienone is 12. The summed E-state index contributed by atoms with van der Waals surface area (Å²) in [6, 6.07) is 47.6. The highest BCUT2D eigenvalue weighted by Gasteiger charge is 2.29. The zero-order valence-electron chi connectivity index (χ0n) is 32.2. The number of fused-ring (bicyclic) bond motifs is 8. The predicted molar refractivity (Wildman–Crippen MR) is 241 cm³/mol. The first-order chi connectivity index (χ1) is 29.3. The van der Waals surface area contributed by atoms with Gasteiger partial charge < -0.3 is 9.13 Å². The van der Waals surface area contributed by atoms with Crippen molar-refractivity contribution in [2.45, 2.75) is 18.8 Å². The van der Waals surface area contributed by atoms with Crippen molar-refractivity contribution in [3.8, 4) is 28.7 Å². The van der Waals surface area contributed by atoms with Crippen LogP contribution in [0.4, 0.5) is 0 Å². The van der Waals surface area contributed by atoms with Crippen LogP contribution in [0.15, 0.2) is 200 Å². The fourth-order valence-electron chi connectivity index (χ4n) is 9.36. The fourth-order valence-corrected chi connectivity index (χ4v) is 9.36. The molecule has 0 bridgehead atoms. The van der Waals surface area contributed by atoms with Crippen molar-refractivity contribution in [2.24, 2.45) is 5.92 Å². The minimum Gasteiger partial charge on any atom is -0.306 e. The van der Waals surface area contributed by atoms with Crippen LogP contribution in [-0.2, 0) is 0 Å². The molecule has 0 amide bonds. The molecule has 9 aromatic rings. The lowest BCUT2D eigenvalue weighted by molar-refractivity contribution is 0.750. The molecule has 0 saturated carbocycles. The highest BCUT2D eigenvalue weighted by molar-refractivity contribution is 6.25. The Morgan fingerprint density at radius 2 is 1.12 bits per heavy atom. The lowest BCUT2D eigenvalue weighted by Gasteiger charge is -2.21. The normalized spacial score (nSPS) is 17.3. The van der Waals surface area contributed by atoms with E-state index in [2.05, 4.69) is 190 Å². The predicted octanol–water partition coefficient (Wildman–Crippen LogP) is 12.6. The van der Waals surface area contributed by atoms with Crippen LogP contribution in [0.25, 0.3) is 78.2 Å². The van der Waals surface area contributed by atoms with Crippen LogP contribution < -0.4 is 0 Å². The third kappa shape index (κ3) is 5.37. The Hall–Kier alpha value is -7.57. The van der Waals surface area contributed by atoms with Crippen LogP contribution in [0, 0.1) is 5.92 Å². The van der Waals surface area contributed by atoms with E-state index < -0.39 is 0 Å². The standard InChI is InChI=1S/C53H38N6/c1-4-17-37(18-5-1)51-54-52(38-19-6-2-7-20-38)56-53(55-51)59-46-27-15-13-25-44(46)48-50(59)49-47(43-24-12-14-26-45(43)57(49)41-22-8-3-9-23-41)58(48)42-32-30-36(31-33-42)40-29-28-35-16-10-11-21-39(35)34-40/h1-19,21-27,29-35,38H,20,28H2. The molecule has 0 saturated heterocycles. The molecule has 59 heavy (non-hydrogen) atoms. The summed E-state index contributed by atoms with van der Waals surface area (Å²) < 4.78 is 7.18. The molecule has 5 aromatic carbocycles. The van der Waals surface area contributed by atoms with Crippen LogP contribution in [0.5, 0.6) is 0 Å². The molecule has 4 heterocycles. The van der Waals surface area contributed by atoms with Crippen LogP contribution >= 0.6 is 0 Å². The van der Waals surface area contributed by atoms with Gasteiger partial charge in [0, 0.05) is 39.5 Å². The van der Waals surface area contributed by atoms with Gasteiger partial charge in [-0.1, -0.05) is 158 Å². The largest absolute Gasteiger partial charge is 0.306 e. The van der Waals surface area contributed by atoms with E-state index in [1.807, 2.05) is 18.2 Å². The Morgan fingerprint density at radius 1 is 0.475 bits per heavy atom. The molecule has 0 fully saturated rings. The number of hydrogen-bond acceptors (Lipinski definition) is 3. The van der Waals surface area contributed by atoms with Crippen molar-refractivity contribution < 1.29 is 0 Å². The van der Waals surface area contributed by atoms with Gasteiger partial charge in [0.2, 0.25) is 5.95 Å². The summed E-state index contributed by atoms with van der Waals surface area (Å²) in [6.07, 6.45) is 24.0. The topological polar surface area (TPSA) is 53.5 Å². The molecule has 0 radical (unpaired) electrons. The summed E-state index contributed by atoms with van der Waals surface area (Å²) in [5, 5.41) is 2.30. The summed E-state index contributed by atoms with van der Waals surface area (Å²) in [4.78, 5) is 15.9. The van der Waals surface area contributed by atoms with E-state index in [1.165, 1.54) is 22.1 Å². The van der Waals surface area contributed by atoms with Crippen molar-refractivity contribution in [1.29, 1.82) is 0 Å². The maximum Gasteiger partial charge on any atom is 0.238 e. The van der Waals surface area contributed by atoms with Gasteiger partial charge >= 0.3 is 0 Å². The third-order valence-electron chi connectivity index (χ3n) is 12.1. The summed E-state index contributed by atoms with van der Waals surface area (Å²) in [6.45, 7) is 0. The second kappa shape index (κ2) is 13.5. The van der Waals surface area contributed by atoms with Crippen molar-refractivity contribution in [2.75, 3.05) is 0 Å². The smallest absolute Gasteiger partial charge is 0.238 e. The molecule has 0 spiro atoms. The molecule has 280 valence electrons. The fraction of sp³-hybridized carbons (Fsp3) is 0.0755. The number of nitrogens with zero attached hydrogens (tertiary/aromatic N) is 6. The van der Waals surface area contributed by atoms with E-state index in [-0.39, 0.29) is 5.92 Å². The van der Waals surface area contributed by atoms with Crippen LogP contribution in [-0.4, -0.2) is 28.7 Å². The summed E-state index contributed by atoms with van der Waals surface area (Å²) in [5.74, 6) is 2.51. The average Bonchev–Trinajstić information content (AvgIpc) is 3.95. The number of aromatic nitrogens is 6. The van der Waals surface area contributed by atoms with Crippen LogP contribution in [0.3, 0.4) is 0 Å². The summed E-state index contributed by atoms with van der Waals surface area (Å²) >= 11 is 0. The first-order valence-electron chi connectivity index (χ1n) is 20.4. The molecule has 2 unspecified atom stereocenters. The van der Waals surface area contributed by atoms with E-state index in [0.29, 0.717) is 17.7 Å². The van der Waals surface area contributed by atoms with E-state index in [4.69, 9.17) is 15.0 Å². The number of hydrogen-bond donors (Lipinski definition) is 0. The molecule has 4 aromatic heterocycles. The summed E-state index contributed by atoms with van der Waals surface area (Å²) in [5.41, 5.74) is 13.6. The van der Waals surface area contributed by atoms with Gasteiger partial charge in [-0.3, -0.25) is 4.57 Å². The number of benzene rings is 5. The van der Waals surface area contributed by atoms with Crippen molar-refractivity contribution >= 4 is 49.4 Å². The minimum atomic E-state index is 0.0341. The van der Waals surface area contributed by atoms with E-state index in [1.54, 1.807) is 0 Å². The third-order valence-corrected chi connectivity index (χ3v) is 12.1. The lowest BCUT2D eigenvalue weighted by Crippen LogP contribution is -2.11. The second-order valence-electron chi connectivity index (χ2n) is 15.5. The van der Waals surface area contributed by atoms with Gasteiger partial charge in [-0.2, -0.15) is 9.97 Å². The van der Waals surface area contributed by atoms with Crippen molar-refractivity contribution in [3.05, 3.63) is 211 Å². The van der Waals surface area contributed by atoms with Gasteiger partial charge in [0.1, 0.15) is 11.3 Å². The Labute approximate surface area is 341 Å². The maximum absolute atomic E-state index is 5.38. The van der Waals surface area contributed by atoms with E-state index >= 15 is 0 Å². The van der Waals surface area contributed by atoms with Gasteiger partial charge in [0.25, 0.3) is 0 Å². The van der Waals surface area contributed by atoms with Gasteiger partial charge in [0.05, 0.1) is 27.6 Å². The molecule has 0 aliphatic heterocycles.